The summed E-state index contributed by atoms with van der Waals surface area (Å²) in [6.07, 6.45) is 1.22. The monoisotopic (exact) mass is 390 g/mol. The molecule has 7 nitrogen and oxygen atoms in total. The quantitative estimate of drug-likeness (QED) is 0.523. The molecule has 2 aromatic rings. The number of esters is 2. The largest absolute Gasteiger partial charge is 0.466 e. The van der Waals surface area contributed by atoms with Crippen molar-refractivity contribution in [1.82, 2.24) is 10.3 Å². The molecule has 27 heavy (non-hydrogen) atoms. The number of amides is 1. The third-order valence-electron chi connectivity index (χ3n) is 3.50. The van der Waals surface area contributed by atoms with Crippen molar-refractivity contribution in [1.29, 1.82) is 0 Å². The van der Waals surface area contributed by atoms with Crippen molar-refractivity contribution >= 4 is 29.2 Å². The second kappa shape index (κ2) is 10.4. The fourth-order valence-corrected chi connectivity index (χ4v) is 3.33. The van der Waals surface area contributed by atoms with Crippen LogP contribution in [0.4, 0.5) is 0 Å². The predicted octanol–water partition coefficient (Wildman–Crippen LogP) is 2.87. The Morgan fingerprint density at radius 2 is 1.74 bits per heavy atom. The summed E-state index contributed by atoms with van der Waals surface area (Å²) in [4.78, 5) is 40.8. The van der Waals surface area contributed by atoms with Crippen molar-refractivity contribution in [2.75, 3.05) is 13.2 Å². The number of ether oxygens (including phenoxy) is 2. The Labute approximate surface area is 161 Å². The fourth-order valence-electron chi connectivity index (χ4n) is 2.36. The molecule has 1 atom stereocenters. The first-order valence-electron chi connectivity index (χ1n) is 8.65. The van der Waals surface area contributed by atoms with Crippen molar-refractivity contribution in [3.8, 4) is 10.4 Å². The minimum atomic E-state index is -0.673. The maximum Gasteiger partial charge on any atom is 0.315 e. The summed E-state index contributed by atoms with van der Waals surface area (Å²) in [7, 11) is 0. The molecule has 1 N–H and O–H groups in total. The molecule has 1 unspecified atom stereocenters. The van der Waals surface area contributed by atoms with Crippen LogP contribution < -0.4 is 5.32 Å². The molecule has 0 aliphatic heterocycles. The van der Waals surface area contributed by atoms with Gasteiger partial charge in [-0.2, -0.15) is 0 Å². The minimum absolute atomic E-state index is 0.0653. The van der Waals surface area contributed by atoms with Crippen LogP contribution in [-0.2, 0) is 23.9 Å². The lowest BCUT2D eigenvalue weighted by molar-refractivity contribution is -0.146. The Morgan fingerprint density at radius 3 is 2.41 bits per heavy atom. The number of rotatable bonds is 9. The van der Waals surface area contributed by atoms with Crippen molar-refractivity contribution < 1.29 is 23.9 Å². The summed E-state index contributed by atoms with van der Waals surface area (Å²) in [6.45, 7) is 3.82. The smallest absolute Gasteiger partial charge is 0.315 e. The second-order valence-electron chi connectivity index (χ2n) is 5.54. The van der Waals surface area contributed by atoms with Crippen LogP contribution in [0.5, 0.6) is 0 Å². The van der Waals surface area contributed by atoms with Crippen LogP contribution in [0.3, 0.4) is 0 Å². The lowest BCUT2D eigenvalue weighted by Gasteiger charge is -2.15. The van der Waals surface area contributed by atoms with Crippen LogP contribution in [0.15, 0.2) is 36.5 Å². The molecule has 0 aliphatic carbocycles. The van der Waals surface area contributed by atoms with Gasteiger partial charge in [0.15, 0.2) is 0 Å². The van der Waals surface area contributed by atoms with Gasteiger partial charge in [-0.15, -0.1) is 11.3 Å². The Morgan fingerprint density at radius 1 is 1.07 bits per heavy atom. The normalized spacial score (nSPS) is 11.5. The highest BCUT2D eigenvalue weighted by Crippen LogP contribution is 2.30. The van der Waals surface area contributed by atoms with Gasteiger partial charge in [0.05, 0.1) is 30.6 Å². The Kier molecular flexibility index (Phi) is 7.94. The Hall–Kier alpha value is -2.74. The summed E-state index contributed by atoms with van der Waals surface area (Å²) in [5, 5.41) is 3.25. The molecule has 2 rings (SSSR count). The molecule has 0 radical (unpaired) electrons. The number of carbonyl (C=O) groups is 3. The number of benzene rings is 1. The average Bonchev–Trinajstić information content (AvgIpc) is 3.12. The molecule has 0 spiro atoms. The number of nitrogens with zero attached hydrogens (tertiary/aromatic N) is 1. The molecular formula is C19H22N2O5S. The summed E-state index contributed by atoms with van der Waals surface area (Å²) in [5.41, 5.74) is 0.994. The van der Waals surface area contributed by atoms with E-state index in [-0.39, 0.29) is 19.6 Å². The van der Waals surface area contributed by atoms with Crippen LogP contribution in [0.25, 0.3) is 10.4 Å². The van der Waals surface area contributed by atoms with Crippen molar-refractivity contribution in [3.05, 3.63) is 41.5 Å². The maximum absolute atomic E-state index is 12.1. The van der Waals surface area contributed by atoms with E-state index in [9.17, 15) is 14.4 Å². The van der Waals surface area contributed by atoms with E-state index in [4.69, 9.17) is 9.47 Å². The maximum atomic E-state index is 12.1. The number of hydrogen-bond acceptors (Lipinski definition) is 7. The first-order valence-corrected chi connectivity index (χ1v) is 9.46. The van der Waals surface area contributed by atoms with Crippen LogP contribution in [0.1, 0.15) is 37.7 Å². The van der Waals surface area contributed by atoms with Crippen LogP contribution >= 0.6 is 11.3 Å². The Bertz CT molecular complexity index is 775. The third kappa shape index (κ3) is 6.49. The van der Waals surface area contributed by atoms with E-state index in [1.165, 1.54) is 11.3 Å². The molecule has 8 heteroatoms. The van der Waals surface area contributed by atoms with E-state index in [1.807, 2.05) is 30.3 Å². The molecule has 1 heterocycles. The van der Waals surface area contributed by atoms with E-state index < -0.39 is 30.3 Å². The highest BCUT2D eigenvalue weighted by atomic mass is 32.1. The minimum Gasteiger partial charge on any atom is -0.466 e. The molecule has 0 saturated heterocycles. The molecule has 0 bridgehead atoms. The predicted molar refractivity (Wildman–Crippen MR) is 101 cm³/mol. The zero-order chi connectivity index (χ0) is 19.6. The Balaban J connectivity index is 2.14. The van der Waals surface area contributed by atoms with Crippen LogP contribution in [-0.4, -0.2) is 36.0 Å². The molecule has 0 aliphatic rings. The van der Waals surface area contributed by atoms with Gasteiger partial charge in [0.25, 0.3) is 0 Å². The summed E-state index contributed by atoms with van der Waals surface area (Å²) >= 11 is 1.38. The van der Waals surface area contributed by atoms with Crippen LogP contribution in [0.2, 0.25) is 0 Å². The zero-order valence-corrected chi connectivity index (χ0v) is 16.1. The second-order valence-corrected chi connectivity index (χ2v) is 6.60. The van der Waals surface area contributed by atoms with E-state index in [1.54, 1.807) is 20.0 Å². The summed E-state index contributed by atoms with van der Waals surface area (Å²) < 4.78 is 9.76. The lowest BCUT2D eigenvalue weighted by Crippen LogP contribution is -2.32. The average molecular weight is 390 g/mol. The van der Waals surface area contributed by atoms with E-state index in [2.05, 4.69) is 10.3 Å². The molecule has 144 valence electrons. The summed E-state index contributed by atoms with van der Waals surface area (Å²) in [6, 6.07) is 9.00. The van der Waals surface area contributed by atoms with Crippen molar-refractivity contribution in [3.63, 3.8) is 0 Å². The molecule has 1 aromatic carbocycles. The van der Waals surface area contributed by atoms with Gasteiger partial charge in [0.2, 0.25) is 5.91 Å². The number of thiazole rings is 1. The van der Waals surface area contributed by atoms with Gasteiger partial charge < -0.3 is 14.8 Å². The molecule has 0 saturated carbocycles. The molecule has 1 amide bonds. The molecular weight excluding hydrogens is 368 g/mol. The van der Waals surface area contributed by atoms with Gasteiger partial charge >= 0.3 is 11.9 Å². The zero-order valence-electron chi connectivity index (χ0n) is 15.3. The summed E-state index contributed by atoms with van der Waals surface area (Å²) in [5.74, 6) is -1.59. The van der Waals surface area contributed by atoms with Gasteiger partial charge in [-0.1, -0.05) is 30.3 Å². The number of nitrogens with one attached hydrogen (secondary N) is 1. The van der Waals surface area contributed by atoms with E-state index in [0.29, 0.717) is 5.01 Å². The highest BCUT2D eigenvalue weighted by Gasteiger charge is 2.24. The van der Waals surface area contributed by atoms with E-state index in [0.717, 1.165) is 10.4 Å². The number of aromatic nitrogens is 1. The van der Waals surface area contributed by atoms with Crippen molar-refractivity contribution in [2.45, 2.75) is 32.7 Å². The lowest BCUT2D eigenvalue weighted by atomic mass is 10.2. The van der Waals surface area contributed by atoms with Crippen LogP contribution in [0, 0.1) is 0 Å². The van der Waals surface area contributed by atoms with Crippen molar-refractivity contribution in [2.24, 2.45) is 0 Å². The molecule has 0 fully saturated rings. The van der Waals surface area contributed by atoms with Gasteiger partial charge in [0.1, 0.15) is 11.4 Å². The topological polar surface area (TPSA) is 94.6 Å². The van der Waals surface area contributed by atoms with Gasteiger partial charge in [0, 0.05) is 6.20 Å². The first-order chi connectivity index (χ1) is 13.0. The SMILES string of the molecule is CCOC(=O)CC(=O)NC(CC(=O)OCC)c1ncc(-c2ccccc2)s1. The van der Waals surface area contributed by atoms with Gasteiger partial charge in [-0.3, -0.25) is 14.4 Å². The standard InChI is InChI=1S/C19H22N2O5S/c1-3-25-17(23)10-14(21-16(22)11-18(24)26-4-2)19-20-12-15(27-19)13-8-6-5-7-9-13/h5-9,12,14H,3-4,10-11H2,1-2H3,(H,21,22). The van der Waals surface area contributed by atoms with Gasteiger partial charge in [-0.25, -0.2) is 4.98 Å². The highest BCUT2D eigenvalue weighted by molar-refractivity contribution is 7.15. The molecule has 1 aromatic heterocycles. The third-order valence-corrected chi connectivity index (χ3v) is 4.66. The number of carbonyl (C=O) groups excluding carboxylic acids is 3. The van der Waals surface area contributed by atoms with Gasteiger partial charge in [-0.05, 0) is 19.4 Å². The van der Waals surface area contributed by atoms with E-state index >= 15 is 0 Å². The fraction of sp³-hybridized carbons (Fsp3) is 0.368. The number of hydrogen-bond donors (Lipinski definition) is 1. The first kappa shape index (κ1) is 20.6.